The summed E-state index contributed by atoms with van der Waals surface area (Å²) in [6, 6.07) is 0. The first-order valence-electron chi connectivity index (χ1n) is 3.31. The van der Waals surface area contributed by atoms with E-state index in [0.717, 1.165) is 6.54 Å². The summed E-state index contributed by atoms with van der Waals surface area (Å²) in [5.74, 6) is 0. The number of aromatic nitrogens is 2. The molecule has 1 heterocycles. The molecule has 0 saturated carbocycles. The smallest absolute Gasteiger partial charge is 0.108 e. The Labute approximate surface area is 55.5 Å². The summed E-state index contributed by atoms with van der Waals surface area (Å²) in [6.07, 6.45) is 8.88. The number of unbranched alkanes of at least 4 members (excludes halogenated alkanes) is 1. The van der Waals surface area contributed by atoms with E-state index in [4.69, 9.17) is 0 Å². The number of hydrogen-bond donors (Lipinski definition) is 0. The minimum absolute atomic E-state index is 1.08. The predicted octanol–water partition coefficient (Wildman–Crippen LogP) is 1.48. The van der Waals surface area contributed by atoms with Crippen molar-refractivity contribution in [3.05, 3.63) is 18.7 Å². The van der Waals surface area contributed by atoms with Crippen LogP contribution in [-0.2, 0) is 6.54 Å². The van der Waals surface area contributed by atoms with Crippen LogP contribution in [0.2, 0.25) is 0 Å². The van der Waals surface area contributed by atoms with Crippen LogP contribution >= 0.6 is 0 Å². The highest BCUT2D eigenvalue weighted by Gasteiger charge is 1.85. The SMILES string of the molecule is CCCCn1c[c]nc1. The Morgan fingerprint density at radius 1 is 1.67 bits per heavy atom. The number of hydrogen-bond acceptors (Lipinski definition) is 1. The molecule has 0 saturated heterocycles. The molecule has 0 amide bonds. The summed E-state index contributed by atoms with van der Waals surface area (Å²) in [5.41, 5.74) is 0. The van der Waals surface area contributed by atoms with Crippen LogP contribution in [-0.4, -0.2) is 9.55 Å². The molecule has 0 bridgehead atoms. The van der Waals surface area contributed by atoms with Crippen molar-refractivity contribution in [2.75, 3.05) is 0 Å². The second-order valence-electron chi connectivity index (χ2n) is 2.09. The summed E-state index contributed by atoms with van der Waals surface area (Å²) < 4.78 is 2.05. The molecule has 9 heavy (non-hydrogen) atoms. The lowest BCUT2D eigenvalue weighted by Crippen LogP contribution is -1.92. The van der Waals surface area contributed by atoms with Gasteiger partial charge < -0.3 is 4.57 Å². The summed E-state index contributed by atoms with van der Waals surface area (Å²) in [4.78, 5) is 3.81. The fraction of sp³-hybridized carbons (Fsp3) is 0.571. The molecule has 0 aromatic carbocycles. The Morgan fingerprint density at radius 3 is 3.11 bits per heavy atom. The zero-order valence-electron chi connectivity index (χ0n) is 5.67. The average Bonchev–Trinajstić information content (AvgIpc) is 2.34. The van der Waals surface area contributed by atoms with Gasteiger partial charge in [-0.25, -0.2) is 4.98 Å². The van der Waals surface area contributed by atoms with Crippen molar-refractivity contribution >= 4 is 0 Å². The van der Waals surface area contributed by atoms with E-state index in [0.29, 0.717) is 0 Å². The third kappa shape index (κ3) is 1.88. The molecule has 0 fully saturated rings. The van der Waals surface area contributed by atoms with E-state index in [2.05, 4.69) is 18.1 Å². The van der Waals surface area contributed by atoms with Gasteiger partial charge in [-0.3, -0.25) is 0 Å². The Balaban J connectivity index is 2.30. The van der Waals surface area contributed by atoms with Crippen LogP contribution in [0.5, 0.6) is 0 Å². The molecule has 0 unspecified atom stereocenters. The number of imidazole rings is 1. The maximum Gasteiger partial charge on any atom is 0.108 e. The molecule has 1 aromatic rings. The van der Waals surface area contributed by atoms with Gasteiger partial charge >= 0.3 is 0 Å². The van der Waals surface area contributed by atoms with Gasteiger partial charge in [-0.2, -0.15) is 0 Å². The molecule has 1 aromatic heterocycles. The van der Waals surface area contributed by atoms with Crippen LogP contribution < -0.4 is 0 Å². The Bertz CT molecular complexity index is 144. The molecule has 0 aliphatic heterocycles. The minimum atomic E-state index is 1.08. The fourth-order valence-corrected chi connectivity index (χ4v) is 0.711. The number of aryl methyl sites for hydroxylation is 1. The van der Waals surface area contributed by atoms with E-state index in [1.165, 1.54) is 12.8 Å². The van der Waals surface area contributed by atoms with Gasteiger partial charge in [0.2, 0.25) is 0 Å². The molecule has 0 atom stereocenters. The first-order valence-corrected chi connectivity index (χ1v) is 3.31. The second kappa shape index (κ2) is 3.28. The van der Waals surface area contributed by atoms with E-state index in [9.17, 15) is 0 Å². The molecule has 1 radical (unpaired) electrons. The normalized spacial score (nSPS) is 9.89. The molecule has 0 aliphatic carbocycles. The van der Waals surface area contributed by atoms with Crippen LogP contribution in [0.25, 0.3) is 0 Å². The third-order valence-electron chi connectivity index (χ3n) is 1.27. The molecule has 2 nitrogen and oxygen atoms in total. The van der Waals surface area contributed by atoms with Crippen molar-refractivity contribution in [2.45, 2.75) is 26.3 Å². The van der Waals surface area contributed by atoms with Crippen LogP contribution in [0.4, 0.5) is 0 Å². The lowest BCUT2D eigenvalue weighted by Gasteiger charge is -1.96. The second-order valence-corrected chi connectivity index (χ2v) is 2.09. The van der Waals surface area contributed by atoms with Crippen LogP contribution in [0.1, 0.15) is 19.8 Å². The zero-order chi connectivity index (χ0) is 6.53. The highest BCUT2D eigenvalue weighted by atomic mass is 15.0. The van der Waals surface area contributed by atoms with Crippen molar-refractivity contribution in [3.8, 4) is 0 Å². The Kier molecular flexibility index (Phi) is 2.31. The van der Waals surface area contributed by atoms with E-state index >= 15 is 0 Å². The van der Waals surface area contributed by atoms with Gasteiger partial charge in [-0.1, -0.05) is 13.3 Å². The molecular formula is C7H11N2. The highest BCUT2D eigenvalue weighted by molar-refractivity contribution is 4.70. The van der Waals surface area contributed by atoms with Crippen molar-refractivity contribution < 1.29 is 0 Å². The lowest BCUT2D eigenvalue weighted by atomic mass is 10.3. The lowest BCUT2D eigenvalue weighted by molar-refractivity contribution is 0.631. The van der Waals surface area contributed by atoms with Gasteiger partial charge in [0.05, 0.1) is 6.33 Å². The predicted molar refractivity (Wildman–Crippen MR) is 36.0 cm³/mol. The van der Waals surface area contributed by atoms with Crippen molar-refractivity contribution in [3.63, 3.8) is 0 Å². The van der Waals surface area contributed by atoms with Gasteiger partial charge in [0.1, 0.15) is 6.20 Å². The van der Waals surface area contributed by atoms with Crippen molar-refractivity contribution in [1.29, 1.82) is 0 Å². The zero-order valence-corrected chi connectivity index (χ0v) is 5.67. The van der Waals surface area contributed by atoms with Gasteiger partial charge in [0, 0.05) is 12.7 Å². The maximum atomic E-state index is 3.81. The summed E-state index contributed by atoms with van der Waals surface area (Å²) >= 11 is 0. The minimum Gasteiger partial charge on any atom is -0.337 e. The Morgan fingerprint density at radius 2 is 2.56 bits per heavy atom. The van der Waals surface area contributed by atoms with E-state index in [1.807, 2.05) is 10.8 Å². The first kappa shape index (κ1) is 6.33. The molecule has 0 aliphatic rings. The van der Waals surface area contributed by atoms with Gasteiger partial charge in [0.25, 0.3) is 0 Å². The summed E-state index contributed by atoms with van der Waals surface area (Å²) in [6.45, 7) is 3.26. The molecule has 1 rings (SSSR count). The van der Waals surface area contributed by atoms with Crippen molar-refractivity contribution in [1.82, 2.24) is 9.55 Å². The van der Waals surface area contributed by atoms with Crippen LogP contribution in [0, 0.1) is 6.20 Å². The number of nitrogens with zero attached hydrogens (tertiary/aromatic N) is 2. The van der Waals surface area contributed by atoms with Crippen LogP contribution in [0.15, 0.2) is 12.5 Å². The van der Waals surface area contributed by atoms with Gasteiger partial charge in [-0.15, -0.1) is 0 Å². The van der Waals surface area contributed by atoms with Gasteiger partial charge in [-0.05, 0) is 6.42 Å². The highest BCUT2D eigenvalue weighted by Crippen LogP contribution is 1.92. The maximum absolute atomic E-state index is 3.81. The average molecular weight is 123 g/mol. The quantitative estimate of drug-likeness (QED) is 0.595. The monoisotopic (exact) mass is 123 g/mol. The molecule has 2 heteroatoms. The standard InChI is InChI=1S/C7H11N2/c1-2-3-5-9-6-4-8-7-9/h6-7H,2-3,5H2,1H3. The Hall–Kier alpha value is -0.790. The molecule has 0 spiro atoms. The summed E-state index contributed by atoms with van der Waals surface area (Å²) in [5, 5.41) is 0. The first-order chi connectivity index (χ1) is 4.43. The topological polar surface area (TPSA) is 17.8 Å². The van der Waals surface area contributed by atoms with Gasteiger partial charge in [0.15, 0.2) is 0 Å². The third-order valence-corrected chi connectivity index (χ3v) is 1.27. The molecular weight excluding hydrogens is 112 g/mol. The van der Waals surface area contributed by atoms with Crippen LogP contribution in [0.3, 0.4) is 0 Å². The largest absolute Gasteiger partial charge is 0.337 e. The van der Waals surface area contributed by atoms with E-state index in [-0.39, 0.29) is 0 Å². The molecule has 49 valence electrons. The van der Waals surface area contributed by atoms with Crippen molar-refractivity contribution in [2.24, 2.45) is 0 Å². The molecule has 0 N–H and O–H groups in total. The fourth-order valence-electron chi connectivity index (χ4n) is 0.711. The number of rotatable bonds is 3. The summed E-state index contributed by atoms with van der Waals surface area (Å²) in [7, 11) is 0. The van der Waals surface area contributed by atoms with E-state index in [1.54, 1.807) is 6.33 Å². The van der Waals surface area contributed by atoms with E-state index < -0.39 is 0 Å².